The number of aromatic amines is 1. The van der Waals surface area contributed by atoms with Crippen LogP contribution in [0.1, 0.15) is 33.1 Å². The minimum absolute atomic E-state index is 0.0615. The Bertz CT molecular complexity index is 823. The summed E-state index contributed by atoms with van der Waals surface area (Å²) in [5.41, 5.74) is 0.992. The van der Waals surface area contributed by atoms with Gasteiger partial charge >= 0.3 is 5.97 Å². The molecular formula is C16H16N2O4S. The number of carbonyl (C=O) groups excluding carboxylic acids is 2. The average Bonchev–Trinajstić information content (AvgIpc) is 3.23. The zero-order chi connectivity index (χ0) is 16.6. The number of aromatic nitrogens is 1. The number of amides is 1. The number of methoxy groups -OCH3 is 1. The van der Waals surface area contributed by atoms with Gasteiger partial charge in [0.15, 0.2) is 0 Å². The number of aryl methyl sites for hydroxylation is 1. The SMILES string of the molecule is COC(=O)c1c[nH]c(=O)c(NC(=O)C2CC2c2sccc2C)c1. The van der Waals surface area contributed by atoms with Gasteiger partial charge in [0, 0.05) is 22.9 Å². The van der Waals surface area contributed by atoms with E-state index in [9.17, 15) is 14.4 Å². The molecule has 120 valence electrons. The molecule has 0 radical (unpaired) electrons. The van der Waals surface area contributed by atoms with Crippen molar-refractivity contribution in [3.63, 3.8) is 0 Å². The molecule has 0 aliphatic heterocycles. The highest BCUT2D eigenvalue weighted by atomic mass is 32.1. The fourth-order valence-corrected chi connectivity index (χ4v) is 3.68. The zero-order valence-corrected chi connectivity index (χ0v) is 13.5. The Hall–Kier alpha value is -2.41. The van der Waals surface area contributed by atoms with Gasteiger partial charge in [-0.15, -0.1) is 11.3 Å². The summed E-state index contributed by atoms with van der Waals surface area (Å²) in [6, 6.07) is 3.37. The quantitative estimate of drug-likeness (QED) is 0.841. The molecule has 0 aromatic carbocycles. The first-order valence-electron chi connectivity index (χ1n) is 7.17. The van der Waals surface area contributed by atoms with Crippen LogP contribution in [0, 0.1) is 12.8 Å². The number of hydrogen-bond donors (Lipinski definition) is 2. The van der Waals surface area contributed by atoms with E-state index in [2.05, 4.69) is 15.0 Å². The van der Waals surface area contributed by atoms with Gasteiger partial charge in [-0.1, -0.05) is 0 Å². The van der Waals surface area contributed by atoms with Crippen molar-refractivity contribution in [3.05, 3.63) is 50.1 Å². The Morgan fingerprint density at radius 1 is 1.43 bits per heavy atom. The van der Waals surface area contributed by atoms with Crippen molar-refractivity contribution in [2.75, 3.05) is 12.4 Å². The predicted octanol–water partition coefficient (Wildman–Crippen LogP) is 2.27. The topological polar surface area (TPSA) is 88.3 Å². The van der Waals surface area contributed by atoms with Crippen molar-refractivity contribution in [3.8, 4) is 0 Å². The lowest BCUT2D eigenvalue weighted by Crippen LogP contribution is -2.22. The fourth-order valence-electron chi connectivity index (χ4n) is 2.58. The number of ether oxygens (including phenoxy) is 1. The summed E-state index contributed by atoms with van der Waals surface area (Å²) in [5, 5.41) is 4.63. The number of hydrogen-bond acceptors (Lipinski definition) is 5. The molecule has 2 heterocycles. The van der Waals surface area contributed by atoms with Crippen LogP contribution >= 0.6 is 11.3 Å². The van der Waals surface area contributed by atoms with Crippen LogP contribution in [0.4, 0.5) is 5.69 Å². The summed E-state index contributed by atoms with van der Waals surface area (Å²) in [4.78, 5) is 39.3. The van der Waals surface area contributed by atoms with Gasteiger partial charge in [0.05, 0.1) is 12.7 Å². The van der Waals surface area contributed by atoms with E-state index in [1.165, 1.54) is 29.8 Å². The summed E-state index contributed by atoms with van der Waals surface area (Å²) in [5.74, 6) is -0.683. The minimum atomic E-state index is -0.574. The molecule has 0 spiro atoms. The number of nitrogens with one attached hydrogen (secondary N) is 2. The lowest BCUT2D eigenvalue weighted by molar-refractivity contribution is -0.117. The highest BCUT2D eigenvalue weighted by Crippen LogP contribution is 2.50. The molecule has 2 atom stereocenters. The Labute approximate surface area is 136 Å². The van der Waals surface area contributed by atoms with Gasteiger partial charge in [-0.3, -0.25) is 9.59 Å². The second-order valence-electron chi connectivity index (χ2n) is 5.53. The third-order valence-corrected chi connectivity index (χ3v) is 5.10. The fraction of sp³-hybridized carbons (Fsp3) is 0.312. The van der Waals surface area contributed by atoms with Gasteiger partial charge in [0.1, 0.15) is 5.69 Å². The number of anilines is 1. The van der Waals surface area contributed by atoms with Crippen molar-refractivity contribution in [2.24, 2.45) is 5.92 Å². The summed E-state index contributed by atoms with van der Waals surface area (Å²) in [6.45, 7) is 2.03. The van der Waals surface area contributed by atoms with Crippen LogP contribution in [0.2, 0.25) is 0 Å². The van der Waals surface area contributed by atoms with Crippen LogP contribution in [-0.4, -0.2) is 24.0 Å². The number of pyridine rings is 1. The molecule has 1 amide bonds. The predicted molar refractivity (Wildman–Crippen MR) is 86.9 cm³/mol. The maximum Gasteiger partial charge on any atom is 0.339 e. The van der Waals surface area contributed by atoms with Crippen LogP contribution in [0.25, 0.3) is 0 Å². The normalized spacial score (nSPS) is 19.2. The number of esters is 1. The smallest absolute Gasteiger partial charge is 0.339 e. The summed E-state index contributed by atoms with van der Waals surface area (Å²) >= 11 is 1.65. The van der Waals surface area contributed by atoms with Gasteiger partial charge in [0.2, 0.25) is 5.91 Å². The van der Waals surface area contributed by atoms with E-state index in [-0.39, 0.29) is 29.0 Å². The summed E-state index contributed by atoms with van der Waals surface area (Å²) in [6.07, 6.45) is 2.04. The van der Waals surface area contributed by atoms with E-state index in [0.29, 0.717) is 0 Å². The molecule has 1 fully saturated rings. The van der Waals surface area contributed by atoms with E-state index in [4.69, 9.17) is 0 Å². The second kappa shape index (κ2) is 6.00. The first kappa shape index (κ1) is 15.5. The summed E-state index contributed by atoms with van der Waals surface area (Å²) in [7, 11) is 1.25. The largest absolute Gasteiger partial charge is 0.465 e. The van der Waals surface area contributed by atoms with Crippen molar-refractivity contribution < 1.29 is 14.3 Å². The van der Waals surface area contributed by atoms with E-state index >= 15 is 0 Å². The molecular weight excluding hydrogens is 316 g/mol. The number of H-pyrrole nitrogens is 1. The molecule has 1 aliphatic rings. The molecule has 2 aromatic heterocycles. The Morgan fingerprint density at radius 2 is 2.22 bits per heavy atom. The molecule has 6 nitrogen and oxygen atoms in total. The van der Waals surface area contributed by atoms with E-state index < -0.39 is 11.5 Å². The first-order chi connectivity index (χ1) is 11.0. The highest BCUT2D eigenvalue weighted by Gasteiger charge is 2.45. The van der Waals surface area contributed by atoms with E-state index in [1.54, 1.807) is 11.3 Å². The van der Waals surface area contributed by atoms with Gasteiger partial charge in [-0.2, -0.15) is 0 Å². The van der Waals surface area contributed by atoms with Crippen LogP contribution in [-0.2, 0) is 9.53 Å². The maximum atomic E-state index is 12.3. The number of thiophene rings is 1. The standard InChI is InChI=1S/C16H16N2O4S/c1-8-3-4-23-13(8)10-6-11(10)14(19)18-12-5-9(16(21)22-2)7-17-15(12)20/h3-5,7,10-11H,6H2,1-2H3,(H,17,20)(H,18,19). The van der Waals surface area contributed by atoms with Gasteiger partial charge in [0.25, 0.3) is 5.56 Å². The third kappa shape index (κ3) is 3.05. The van der Waals surface area contributed by atoms with Crippen LogP contribution < -0.4 is 10.9 Å². The molecule has 2 aromatic rings. The van der Waals surface area contributed by atoms with Crippen LogP contribution in [0.3, 0.4) is 0 Å². The van der Waals surface area contributed by atoms with Crippen molar-refractivity contribution in [2.45, 2.75) is 19.3 Å². The Kier molecular flexibility index (Phi) is 4.04. The first-order valence-corrected chi connectivity index (χ1v) is 8.05. The molecule has 2 N–H and O–H groups in total. The van der Waals surface area contributed by atoms with Crippen molar-refractivity contribution >= 4 is 28.9 Å². The Morgan fingerprint density at radius 3 is 2.87 bits per heavy atom. The van der Waals surface area contributed by atoms with Gasteiger partial charge in [-0.05, 0) is 36.4 Å². The third-order valence-electron chi connectivity index (χ3n) is 3.95. The molecule has 7 heteroatoms. The highest BCUT2D eigenvalue weighted by molar-refractivity contribution is 7.10. The van der Waals surface area contributed by atoms with Crippen molar-refractivity contribution in [1.29, 1.82) is 0 Å². The monoisotopic (exact) mass is 332 g/mol. The number of carbonyl (C=O) groups is 2. The molecule has 0 saturated heterocycles. The number of rotatable bonds is 4. The second-order valence-corrected chi connectivity index (χ2v) is 6.48. The van der Waals surface area contributed by atoms with E-state index in [1.807, 2.05) is 18.4 Å². The average molecular weight is 332 g/mol. The summed E-state index contributed by atoms with van der Waals surface area (Å²) < 4.78 is 4.60. The Balaban J connectivity index is 1.73. The van der Waals surface area contributed by atoms with Crippen molar-refractivity contribution in [1.82, 2.24) is 4.98 Å². The minimum Gasteiger partial charge on any atom is -0.465 e. The van der Waals surface area contributed by atoms with Crippen LogP contribution in [0.15, 0.2) is 28.5 Å². The zero-order valence-electron chi connectivity index (χ0n) is 12.7. The van der Waals surface area contributed by atoms with Gasteiger partial charge in [-0.25, -0.2) is 4.79 Å². The lowest BCUT2D eigenvalue weighted by atomic mass is 10.2. The molecule has 0 bridgehead atoms. The molecule has 1 saturated carbocycles. The van der Waals surface area contributed by atoms with E-state index in [0.717, 1.165) is 6.42 Å². The molecule has 3 rings (SSSR count). The lowest BCUT2D eigenvalue weighted by Gasteiger charge is -2.06. The van der Waals surface area contributed by atoms with Gasteiger partial charge < -0.3 is 15.0 Å². The molecule has 1 aliphatic carbocycles. The van der Waals surface area contributed by atoms with Crippen LogP contribution in [0.5, 0.6) is 0 Å². The molecule has 23 heavy (non-hydrogen) atoms. The molecule has 2 unspecified atom stereocenters. The maximum absolute atomic E-state index is 12.3.